The van der Waals surface area contributed by atoms with Crippen LogP contribution in [0.15, 0.2) is 42.5 Å². The van der Waals surface area contributed by atoms with E-state index in [9.17, 15) is 14.7 Å². The SMILES string of the molecule is COc1cc(C(=O)N2CCc3ccccc3C2C(=O)O)ccc1C. The van der Waals surface area contributed by atoms with Gasteiger partial charge in [0.05, 0.1) is 7.11 Å². The molecule has 1 amide bonds. The van der Waals surface area contributed by atoms with Crippen LogP contribution in [0.2, 0.25) is 0 Å². The zero-order chi connectivity index (χ0) is 17.3. The molecule has 1 aliphatic heterocycles. The Bertz CT molecular complexity index is 800. The fourth-order valence-corrected chi connectivity index (χ4v) is 3.17. The minimum Gasteiger partial charge on any atom is -0.496 e. The van der Waals surface area contributed by atoms with E-state index in [2.05, 4.69) is 0 Å². The summed E-state index contributed by atoms with van der Waals surface area (Å²) in [5.41, 5.74) is 3.02. The topological polar surface area (TPSA) is 66.8 Å². The van der Waals surface area contributed by atoms with E-state index >= 15 is 0 Å². The number of ether oxygens (including phenoxy) is 1. The summed E-state index contributed by atoms with van der Waals surface area (Å²) in [6.45, 7) is 2.27. The summed E-state index contributed by atoms with van der Waals surface area (Å²) in [7, 11) is 1.55. The fourth-order valence-electron chi connectivity index (χ4n) is 3.17. The predicted octanol–water partition coefficient (Wildman–Crippen LogP) is 2.83. The second kappa shape index (κ2) is 6.35. The Kier molecular flexibility index (Phi) is 4.25. The fraction of sp³-hybridized carbons (Fsp3) is 0.263. The van der Waals surface area contributed by atoms with Gasteiger partial charge in [-0.25, -0.2) is 4.79 Å². The highest BCUT2D eigenvalue weighted by Crippen LogP contribution is 2.32. The Hall–Kier alpha value is -2.82. The van der Waals surface area contributed by atoms with E-state index in [-0.39, 0.29) is 5.91 Å². The number of carbonyl (C=O) groups excluding carboxylic acids is 1. The van der Waals surface area contributed by atoms with Crippen molar-refractivity contribution in [3.8, 4) is 5.75 Å². The lowest BCUT2D eigenvalue weighted by Crippen LogP contribution is -2.43. The second-order valence-electron chi connectivity index (χ2n) is 5.87. The van der Waals surface area contributed by atoms with E-state index in [0.717, 1.165) is 11.1 Å². The minimum atomic E-state index is -1.02. The number of benzene rings is 2. The molecule has 3 rings (SSSR count). The van der Waals surface area contributed by atoms with Crippen molar-refractivity contribution in [3.63, 3.8) is 0 Å². The van der Waals surface area contributed by atoms with Crippen molar-refractivity contribution in [2.45, 2.75) is 19.4 Å². The highest BCUT2D eigenvalue weighted by atomic mass is 16.5. The third kappa shape index (κ3) is 2.73. The molecular formula is C19H19NO4. The van der Waals surface area contributed by atoms with Crippen LogP contribution in [0.1, 0.15) is 33.1 Å². The summed E-state index contributed by atoms with van der Waals surface area (Å²) >= 11 is 0. The van der Waals surface area contributed by atoms with Gasteiger partial charge in [0, 0.05) is 12.1 Å². The van der Waals surface area contributed by atoms with Crippen molar-refractivity contribution in [2.75, 3.05) is 13.7 Å². The first kappa shape index (κ1) is 16.1. The summed E-state index contributed by atoms with van der Waals surface area (Å²) in [6.07, 6.45) is 0.648. The van der Waals surface area contributed by atoms with Gasteiger partial charge >= 0.3 is 5.97 Å². The van der Waals surface area contributed by atoms with Gasteiger partial charge < -0.3 is 14.7 Å². The van der Waals surface area contributed by atoms with Gasteiger partial charge in [0.1, 0.15) is 5.75 Å². The number of hydrogen-bond donors (Lipinski definition) is 1. The van der Waals surface area contributed by atoms with Crippen molar-refractivity contribution >= 4 is 11.9 Å². The Morgan fingerprint density at radius 3 is 2.67 bits per heavy atom. The van der Waals surface area contributed by atoms with Crippen molar-refractivity contribution in [2.24, 2.45) is 0 Å². The van der Waals surface area contributed by atoms with E-state index in [1.807, 2.05) is 19.1 Å². The van der Waals surface area contributed by atoms with Gasteiger partial charge in [0.15, 0.2) is 6.04 Å². The predicted molar refractivity (Wildman–Crippen MR) is 89.3 cm³/mol. The summed E-state index contributed by atoms with van der Waals surface area (Å²) in [6, 6.07) is 11.6. The van der Waals surface area contributed by atoms with E-state index in [1.54, 1.807) is 37.4 Å². The number of amides is 1. The quantitative estimate of drug-likeness (QED) is 0.942. The Morgan fingerprint density at radius 2 is 1.96 bits per heavy atom. The first-order chi connectivity index (χ1) is 11.5. The molecule has 0 fully saturated rings. The number of carboxylic acid groups (broad SMARTS) is 1. The number of carboxylic acids is 1. The number of aryl methyl sites for hydroxylation is 1. The van der Waals surface area contributed by atoms with Gasteiger partial charge in [0.2, 0.25) is 0 Å². The van der Waals surface area contributed by atoms with Gasteiger partial charge in [-0.1, -0.05) is 30.3 Å². The monoisotopic (exact) mass is 325 g/mol. The number of nitrogens with zero attached hydrogens (tertiary/aromatic N) is 1. The van der Waals surface area contributed by atoms with Crippen LogP contribution >= 0.6 is 0 Å². The zero-order valence-electron chi connectivity index (χ0n) is 13.7. The summed E-state index contributed by atoms with van der Waals surface area (Å²) in [4.78, 5) is 26.2. The van der Waals surface area contributed by atoms with Crippen LogP contribution in [0, 0.1) is 6.92 Å². The highest BCUT2D eigenvalue weighted by molar-refractivity contribution is 5.97. The maximum absolute atomic E-state index is 12.9. The van der Waals surface area contributed by atoms with Crippen LogP contribution in [-0.4, -0.2) is 35.5 Å². The molecule has 1 atom stereocenters. The van der Waals surface area contributed by atoms with Crippen LogP contribution in [0.5, 0.6) is 5.75 Å². The van der Waals surface area contributed by atoms with E-state index in [1.165, 1.54) is 4.90 Å². The van der Waals surface area contributed by atoms with Gasteiger partial charge in [-0.05, 0) is 42.2 Å². The molecule has 5 nitrogen and oxygen atoms in total. The molecule has 0 spiro atoms. The van der Waals surface area contributed by atoms with Crippen LogP contribution in [0.4, 0.5) is 0 Å². The Labute approximate surface area is 140 Å². The van der Waals surface area contributed by atoms with E-state index in [0.29, 0.717) is 29.8 Å². The molecule has 0 radical (unpaired) electrons. The average Bonchev–Trinajstić information content (AvgIpc) is 2.60. The van der Waals surface area contributed by atoms with Crippen molar-refractivity contribution in [1.29, 1.82) is 0 Å². The molecular weight excluding hydrogens is 306 g/mol. The average molecular weight is 325 g/mol. The minimum absolute atomic E-state index is 0.296. The van der Waals surface area contributed by atoms with Gasteiger partial charge in [-0.15, -0.1) is 0 Å². The number of carbonyl (C=O) groups is 2. The highest BCUT2D eigenvalue weighted by Gasteiger charge is 2.36. The molecule has 24 heavy (non-hydrogen) atoms. The summed E-state index contributed by atoms with van der Waals surface area (Å²) in [5, 5.41) is 9.68. The molecule has 5 heteroatoms. The number of aliphatic carboxylic acids is 1. The normalized spacial score (nSPS) is 16.4. The Balaban J connectivity index is 1.99. The smallest absolute Gasteiger partial charge is 0.331 e. The third-order valence-corrected chi connectivity index (χ3v) is 4.43. The van der Waals surface area contributed by atoms with E-state index in [4.69, 9.17) is 4.74 Å². The molecule has 1 unspecified atom stereocenters. The van der Waals surface area contributed by atoms with Crippen molar-refractivity contribution in [1.82, 2.24) is 4.90 Å². The van der Waals surface area contributed by atoms with Crippen molar-refractivity contribution in [3.05, 3.63) is 64.7 Å². The molecule has 0 saturated heterocycles. The van der Waals surface area contributed by atoms with Crippen molar-refractivity contribution < 1.29 is 19.4 Å². The first-order valence-electron chi connectivity index (χ1n) is 7.79. The number of fused-ring (bicyclic) bond motifs is 1. The number of methoxy groups -OCH3 is 1. The molecule has 1 heterocycles. The molecule has 0 saturated carbocycles. The molecule has 0 aromatic heterocycles. The van der Waals surface area contributed by atoms with Gasteiger partial charge in [-0.3, -0.25) is 4.79 Å². The van der Waals surface area contributed by atoms with Crippen LogP contribution in [0.25, 0.3) is 0 Å². The molecule has 1 aliphatic rings. The zero-order valence-corrected chi connectivity index (χ0v) is 13.7. The number of hydrogen-bond acceptors (Lipinski definition) is 3. The molecule has 0 bridgehead atoms. The summed E-state index contributed by atoms with van der Waals surface area (Å²) < 4.78 is 5.27. The Morgan fingerprint density at radius 1 is 1.21 bits per heavy atom. The maximum Gasteiger partial charge on any atom is 0.331 e. The molecule has 2 aromatic carbocycles. The third-order valence-electron chi connectivity index (χ3n) is 4.43. The molecule has 0 aliphatic carbocycles. The van der Waals surface area contributed by atoms with Crippen LogP contribution in [0.3, 0.4) is 0 Å². The van der Waals surface area contributed by atoms with Gasteiger partial charge in [-0.2, -0.15) is 0 Å². The molecule has 2 aromatic rings. The number of rotatable bonds is 3. The molecule has 124 valence electrons. The first-order valence-corrected chi connectivity index (χ1v) is 7.79. The van der Waals surface area contributed by atoms with Gasteiger partial charge in [0.25, 0.3) is 5.91 Å². The van der Waals surface area contributed by atoms with Crippen LogP contribution < -0.4 is 4.74 Å². The molecule has 1 N–H and O–H groups in total. The maximum atomic E-state index is 12.9. The van der Waals surface area contributed by atoms with Crippen LogP contribution in [-0.2, 0) is 11.2 Å². The summed E-state index contributed by atoms with van der Waals surface area (Å²) in [5.74, 6) is -0.699. The lowest BCUT2D eigenvalue weighted by Gasteiger charge is -2.34. The second-order valence-corrected chi connectivity index (χ2v) is 5.87. The van der Waals surface area contributed by atoms with E-state index < -0.39 is 12.0 Å². The standard InChI is InChI=1S/C19H19NO4/c1-12-7-8-14(11-16(12)24-2)18(21)20-10-9-13-5-3-4-6-15(13)17(20)19(22)23/h3-8,11,17H,9-10H2,1-2H3,(H,22,23). The lowest BCUT2D eigenvalue weighted by molar-refractivity contribution is -0.143. The largest absolute Gasteiger partial charge is 0.496 e. The lowest BCUT2D eigenvalue weighted by atomic mass is 9.92.